The van der Waals surface area contributed by atoms with Crippen molar-refractivity contribution in [1.29, 1.82) is 0 Å². The Kier molecular flexibility index (Phi) is 5.59. The van der Waals surface area contributed by atoms with Gasteiger partial charge < -0.3 is 14.8 Å². The van der Waals surface area contributed by atoms with E-state index in [2.05, 4.69) is 5.32 Å². The molecule has 2 aromatic carbocycles. The minimum Gasteiger partial charge on any atom is -0.493 e. The Hall–Kier alpha value is -3.09. The van der Waals surface area contributed by atoms with Gasteiger partial charge in [0.25, 0.3) is 11.6 Å². The number of hydrogen-bond acceptors (Lipinski definition) is 5. The van der Waals surface area contributed by atoms with Gasteiger partial charge in [-0.1, -0.05) is 24.3 Å². The Labute approximate surface area is 145 Å². The normalized spacial score (nSPS) is 11.5. The smallest absolute Gasteiger partial charge is 0.286 e. The summed E-state index contributed by atoms with van der Waals surface area (Å²) >= 11 is 0. The average molecular weight is 344 g/mol. The molecule has 0 heterocycles. The quantitative estimate of drug-likeness (QED) is 0.640. The van der Waals surface area contributed by atoms with E-state index in [0.29, 0.717) is 0 Å². The van der Waals surface area contributed by atoms with Crippen molar-refractivity contribution in [3.8, 4) is 11.5 Å². The highest BCUT2D eigenvalue weighted by Gasteiger charge is 2.25. The number of carbonyl (C=O) groups is 1. The lowest BCUT2D eigenvalue weighted by Gasteiger charge is -2.17. The van der Waals surface area contributed by atoms with Crippen LogP contribution in [0.25, 0.3) is 0 Å². The monoisotopic (exact) mass is 344 g/mol. The molecule has 132 valence electrons. The molecule has 0 radical (unpaired) electrons. The predicted molar refractivity (Wildman–Crippen MR) is 93.3 cm³/mol. The zero-order valence-electron chi connectivity index (χ0n) is 14.5. The van der Waals surface area contributed by atoms with Crippen LogP contribution in [0.3, 0.4) is 0 Å². The fourth-order valence-corrected chi connectivity index (χ4v) is 2.63. The number of nitro benzene ring substituents is 1. The van der Waals surface area contributed by atoms with Gasteiger partial charge in [-0.25, -0.2) is 0 Å². The van der Waals surface area contributed by atoms with Gasteiger partial charge in [0, 0.05) is 6.07 Å². The number of carbonyl (C=O) groups excluding carboxylic acids is 1. The van der Waals surface area contributed by atoms with Crippen molar-refractivity contribution in [2.24, 2.45) is 0 Å². The topological polar surface area (TPSA) is 90.7 Å². The van der Waals surface area contributed by atoms with Crippen LogP contribution in [-0.2, 0) is 0 Å². The van der Waals surface area contributed by atoms with Crippen LogP contribution < -0.4 is 14.8 Å². The Bertz CT molecular complexity index is 804. The number of nitrogens with one attached hydrogen (secondary N) is 1. The van der Waals surface area contributed by atoms with Crippen molar-refractivity contribution >= 4 is 11.6 Å². The zero-order chi connectivity index (χ0) is 18.6. The van der Waals surface area contributed by atoms with E-state index in [4.69, 9.17) is 9.47 Å². The molecule has 0 fully saturated rings. The second-order valence-electron chi connectivity index (χ2n) is 5.53. The summed E-state index contributed by atoms with van der Waals surface area (Å²) < 4.78 is 10.2. The summed E-state index contributed by atoms with van der Waals surface area (Å²) in [5.41, 5.74) is 1.55. The minimum atomic E-state index is -0.616. The van der Waals surface area contributed by atoms with E-state index in [1.54, 1.807) is 0 Å². The Morgan fingerprint density at radius 3 is 2.32 bits per heavy atom. The number of nitrogens with zero attached hydrogens (tertiary/aromatic N) is 1. The maximum Gasteiger partial charge on any atom is 0.286 e. The molecule has 1 unspecified atom stereocenters. The first kappa shape index (κ1) is 18.3. The fraction of sp³-hybridized carbons (Fsp3) is 0.278. The maximum absolute atomic E-state index is 12.6. The van der Waals surface area contributed by atoms with Crippen LogP contribution in [0.4, 0.5) is 5.69 Å². The summed E-state index contributed by atoms with van der Waals surface area (Å²) in [5, 5.41) is 14.1. The van der Waals surface area contributed by atoms with Gasteiger partial charge in [-0.3, -0.25) is 14.9 Å². The maximum atomic E-state index is 12.6. The molecule has 25 heavy (non-hydrogen) atoms. The van der Waals surface area contributed by atoms with Crippen molar-refractivity contribution in [1.82, 2.24) is 5.32 Å². The lowest BCUT2D eigenvalue weighted by atomic mass is 10.0. The number of ether oxygens (including phenoxy) is 2. The molecule has 2 aromatic rings. The first-order valence-electron chi connectivity index (χ1n) is 7.65. The first-order chi connectivity index (χ1) is 11.9. The summed E-state index contributed by atoms with van der Waals surface area (Å²) in [5.74, 6) is -0.108. The second-order valence-corrected chi connectivity index (χ2v) is 5.53. The highest BCUT2D eigenvalue weighted by atomic mass is 16.6. The van der Waals surface area contributed by atoms with Crippen LogP contribution in [-0.4, -0.2) is 25.1 Å². The minimum absolute atomic E-state index is 0.0805. The summed E-state index contributed by atoms with van der Waals surface area (Å²) in [6.07, 6.45) is 0. The second kappa shape index (κ2) is 7.65. The molecule has 0 bridgehead atoms. The van der Waals surface area contributed by atoms with Gasteiger partial charge in [0.05, 0.1) is 31.3 Å². The molecule has 1 atom stereocenters. The number of nitro groups is 1. The first-order valence-corrected chi connectivity index (χ1v) is 7.65. The van der Waals surface area contributed by atoms with Gasteiger partial charge in [0.2, 0.25) is 0 Å². The molecule has 0 aliphatic rings. The van der Waals surface area contributed by atoms with Crippen LogP contribution >= 0.6 is 0 Å². The van der Waals surface area contributed by atoms with E-state index in [9.17, 15) is 14.9 Å². The lowest BCUT2D eigenvalue weighted by Crippen LogP contribution is -2.27. The largest absolute Gasteiger partial charge is 0.493 e. The summed E-state index contributed by atoms with van der Waals surface area (Å²) in [4.78, 5) is 23.3. The molecule has 0 aliphatic carbocycles. The SMILES string of the molecule is COc1cc(C(=O)NC(C)c2ccccc2C)c([N+](=O)[O-])cc1OC. The molecule has 0 saturated carbocycles. The van der Waals surface area contributed by atoms with E-state index in [1.807, 2.05) is 38.1 Å². The van der Waals surface area contributed by atoms with Crippen molar-refractivity contribution < 1.29 is 19.2 Å². The molecule has 7 nitrogen and oxygen atoms in total. The van der Waals surface area contributed by atoms with Crippen molar-refractivity contribution in [3.05, 3.63) is 63.2 Å². The number of methoxy groups -OCH3 is 2. The van der Waals surface area contributed by atoms with Crippen LogP contribution in [0.15, 0.2) is 36.4 Å². The fourth-order valence-electron chi connectivity index (χ4n) is 2.63. The lowest BCUT2D eigenvalue weighted by molar-refractivity contribution is -0.385. The standard InChI is InChI=1S/C18H20N2O5/c1-11-7-5-6-8-13(11)12(2)19-18(21)14-9-16(24-3)17(25-4)10-15(14)20(22)23/h5-10,12H,1-4H3,(H,19,21). The third-order valence-corrected chi connectivity index (χ3v) is 3.95. The van der Waals surface area contributed by atoms with Crippen LogP contribution in [0, 0.1) is 17.0 Å². The highest BCUT2D eigenvalue weighted by Crippen LogP contribution is 2.34. The van der Waals surface area contributed by atoms with E-state index in [1.165, 1.54) is 26.4 Å². The van der Waals surface area contributed by atoms with Gasteiger partial charge in [0.1, 0.15) is 5.56 Å². The van der Waals surface area contributed by atoms with Crippen molar-refractivity contribution in [2.75, 3.05) is 14.2 Å². The van der Waals surface area contributed by atoms with E-state index in [-0.39, 0.29) is 28.8 Å². The van der Waals surface area contributed by atoms with Crippen LogP contribution in [0.5, 0.6) is 11.5 Å². The van der Waals surface area contributed by atoms with E-state index < -0.39 is 10.8 Å². The molecule has 2 rings (SSSR count). The summed E-state index contributed by atoms with van der Waals surface area (Å²) in [7, 11) is 2.78. The number of amides is 1. The molecular formula is C18H20N2O5. The molecule has 0 saturated heterocycles. The number of hydrogen-bond donors (Lipinski definition) is 1. The number of rotatable bonds is 6. The molecular weight excluding hydrogens is 324 g/mol. The Morgan fingerprint density at radius 2 is 1.76 bits per heavy atom. The molecule has 0 spiro atoms. The third kappa shape index (κ3) is 3.88. The van der Waals surface area contributed by atoms with Gasteiger partial charge in [-0.05, 0) is 25.0 Å². The van der Waals surface area contributed by atoms with Crippen LogP contribution in [0.2, 0.25) is 0 Å². The van der Waals surface area contributed by atoms with Crippen molar-refractivity contribution in [3.63, 3.8) is 0 Å². The Morgan fingerprint density at radius 1 is 1.16 bits per heavy atom. The highest BCUT2D eigenvalue weighted by molar-refractivity contribution is 5.99. The van der Waals surface area contributed by atoms with Gasteiger partial charge in [-0.2, -0.15) is 0 Å². The molecule has 1 N–H and O–H groups in total. The van der Waals surface area contributed by atoms with Gasteiger partial charge in [0.15, 0.2) is 11.5 Å². The third-order valence-electron chi connectivity index (χ3n) is 3.95. The Balaban J connectivity index is 2.38. The van der Waals surface area contributed by atoms with Crippen molar-refractivity contribution in [2.45, 2.75) is 19.9 Å². The summed E-state index contributed by atoms with van der Waals surface area (Å²) in [6, 6.07) is 9.83. The molecule has 0 aliphatic heterocycles. The van der Waals surface area contributed by atoms with Gasteiger partial charge in [-0.15, -0.1) is 0 Å². The van der Waals surface area contributed by atoms with Gasteiger partial charge >= 0.3 is 0 Å². The van der Waals surface area contributed by atoms with Crippen LogP contribution in [0.1, 0.15) is 34.5 Å². The molecule has 7 heteroatoms. The summed E-state index contributed by atoms with van der Waals surface area (Å²) in [6.45, 7) is 3.77. The number of aryl methyl sites for hydroxylation is 1. The van der Waals surface area contributed by atoms with E-state index in [0.717, 1.165) is 11.1 Å². The number of benzene rings is 2. The predicted octanol–water partition coefficient (Wildman–Crippen LogP) is 3.41. The molecule has 0 aromatic heterocycles. The van der Waals surface area contributed by atoms with E-state index >= 15 is 0 Å². The molecule has 1 amide bonds. The zero-order valence-corrected chi connectivity index (χ0v) is 14.5. The average Bonchev–Trinajstić information content (AvgIpc) is 2.60.